The number of hydrogen-bond acceptors (Lipinski definition) is 4. The van der Waals surface area contributed by atoms with Crippen LogP contribution in [0.1, 0.15) is 11.1 Å². The van der Waals surface area contributed by atoms with Gasteiger partial charge in [0.1, 0.15) is 17.3 Å². The predicted octanol–water partition coefficient (Wildman–Crippen LogP) is 2.76. The first-order valence-corrected chi connectivity index (χ1v) is 7.21. The standard InChI is InChI=1S/C18H15FN2O3/c1-23-15-6-4-3-5-12(15)17-20-14(18(22)21-17)10-11-7-8-16(24-2)13(19)9-11/h3-10H,1-2H3,(H,20,21,22)/b14-10+. The number of methoxy groups -OCH3 is 2. The van der Waals surface area contributed by atoms with Crippen molar-refractivity contribution in [1.29, 1.82) is 0 Å². The van der Waals surface area contributed by atoms with Crippen molar-refractivity contribution in [1.82, 2.24) is 5.32 Å². The SMILES string of the molecule is COc1ccc(/C=C2/N=C(c3ccccc3OC)NC2=O)cc1F. The highest BCUT2D eigenvalue weighted by Gasteiger charge is 2.23. The van der Waals surface area contributed by atoms with Crippen LogP contribution < -0.4 is 14.8 Å². The molecule has 0 unspecified atom stereocenters. The lowest BCUT2D eigenvalue weighted by Gasteiger charge is -2.06. The van der Waals surface area contributed by atoms with Crippen LogP contribution in [0, 0.1) is 5.82 Å². The number of rotatable bonds is 4. The zero-order chi connectivity index (χ0) is 17.1. The van der Waals surface area contributed by atoms with Gasteiger partial charge in [-0.3, -0.25) is 4.79 Å². The fourth-order valence-electron chi connectivity index (χ4n) is 2.37. The molecule has 0 fully saturated rings. The molecule has 0 radical (unpaired) electrons. The summed E-state index contributed by atoms with van der Waals surface area (Å²) in [6.45, 7) is 0. The number of carbonyl (C=O) groups excluding carboxylic acids is 1. The van der Waals surface area contributed by atoms with E-state index < -0.39 is 5.82 Å². The molecule has 1 aliphatic rings. The topological polar surface area (TPSA) is 59.9 Å². The van der Waals surface area contributed by atoms with E-state index in [1.165, 1.54) is 25.3 Å². The number of amidine groups is 1. The highest BCUT2D eigenvalue weighted by atomic mass is 19.1. The van der Waals surface area contributed by atoms with Crippen molar-refractivity contribution >= 4 is 17.8 Å². The number of carbonyl (C=O) groups is 1. The summed E-state index contributed by atoms with van der Waals surface area (Å²) in [4.78, 5) is 16.4. The zero-order valence-electron chi connectivity index (χ0n) is 13.2. The number of benzene rings is 2. The maximum Gasteiger partial charge on any atom is 0.275 e. The first-order valence-electron chi connectivity index (χ1n) is 7.21. The molecule has 0 atom stereocenters. The average molecular weight is 326 g/mol. The molecule has 122 valence electrons. The van der Waals surface area contributed by atoms with Crippen molar-refractivity contribution in [2.24, 2.45) is 4.99 Å². The van der Waals surface area contributed by atoms with E-state index in [0.29, 0.717) is 22.7 Å². The second-order valence-electron chi connectivity index (χ2n) is 5.04. The molecule has 3 rings (SSSR count). The number of halogens is 1. The monoisotopic (exact) mass is 326 g/mol. The summed E-state index contributed by atoms with van der Waals surface area (Å²) in [5.74, 6) is 0.295. The molecule has 2 aromatic rings. The Kier molecular flexibility index (Phi) is 4.29. The van der Waals surface area contributed by atoms with Gasteiger partial charge in [-0.15, -0.1) is 0 Å². The molecule has 2 aromatic carbocycles. The normalized spacial score (nSPS) is 15.2. The summed E-state index contributed by atoms with van der Waals surface area (Å²) in [6.07, 6.45) is 1.51. The summed E-state index contributed by atoms with van der Waals surface area (Å²) in [6, 6.07) is 11.7. The van der Waals surface area contributed by atoms with E-state index in [1.54, 1.807) is 25.3 Å². The Morgan fingerprint density at radius 2 is 1.83 bits per heavy atom. The smallest absolute Gasteiger partial charge is 0.275 e. The minimum Gasteiger partial charge on any atom is -0.496 e. The van der Waals surface area contributed by atoms with Crippen LogP contribution in [-0.2, 0) is 4.79 Å². The Hall–Kier alpha value is -3.15. The molecule has 1 heterocycles. The molecule has 0 aromatic heterocycles. The highest BCUT2D eigenvalue weighted by Crippen LogP contribution is 2.23. The summed E-state index contributed by atoms with van der Waals surface area (Å²) in [5, 5.41) is 2.70. The third-order valence-corrected chi connectivity index (χ3v) is 3.54. The number of para-hydroxylation sites is 1. The van der Waals surface area contributed by atoms with Gasteiger partial charge >= 0.3 is 0 Å². The minimum absolute atomic E-state index is 0.145. The molecule has 1 N–H and O–H groups in total. The van der Waals surface area contributed by atoms with Crippen molar-refractivity contribution in [3.8, 4) is 11.5 Å². The lowest BCUT2D eigenvalue weighted by Crippen LogP contribution is -2.25. The van der Waals surface area contributed by atoms with Crippen molar-refractivity contribution in [3.05, 3.63) is 65.1 Å². The molecule has 1 amide bonds. The Bertz CT molecular complexity index is 859. The van der Waals surface area contributed by atoms with Crippen LogP contribution in [0.3, 0.4) is 0 Å². The highest BCUT2D eigenvalue weighted by molar-refractivity contribution is 6.20. The number of aliphatic imine (C=N–C) groups is 1. The van der Waals surface area contributed by atoms with Crippen molar-refractivity contribution < 1.29 is 18.7 Å². The third-order valence-electron chi connectivity index (χ3n) is 3.54. The van der Waals surface area contributed by atoms with Crippen LogP contribution in [0.4, 0.5) is 4.39 Å². The molecular formula is C18H15FN2O3. The summed E-state index contributed by atoms with van der Waals surface area (Å²) in [7, 11) is 2.94. The Labute approximate surface area is 138 Å². The van der Waals surface area contributed by atoms with E-state index in [9.17, 15) is 9.18 Å². The summed E-state index contributed by atoms with van der Waals surface area (Å²) in [5.41, 5.74) is 1.39. The number of amides is 1. The lowest BCUT2D eigenvalue weighted by molar-refractivity contribution is -0.115. The van der Waals surface area contributed by atoms with Gasteiger partial charge in [0.05, 0.1) is 19.8 Å². The van der Waals surface area contributed by atoms with Gasteiger partial charge in [-0.25, -0.2) is 9.38 Å². The number of nitrogens with one attached hydrogen (secondary N) is 1. The Morgan fingerprint density at radius 3 is 2.54 bits per heavy atom. The molecule has 0 bridgehead atoms. The van der Waals surface area contributed by atoms with Gasteiger partial charge < -0.3 is 14.8 Å². The van der Waals surface area contributed by atoms with E-state index in [4.69, 9.17) is 9.47 Å². The van der Waals surface area contributed by atoms with Crippen LogP contribution in [0.25, 0.3) is 6.08 Å². The van der Waals surface area contributed by atoms with Gasteiger partial charge in [0.25, 0.3) is 5.91 Å². The fraction of sp³-hybridized carbons (Fsp3) is 0.111. The van der Waals surface area contributed by atoms with Crippen LogP contribution in [0.15, 0.2) is 53.2 Å². The van der Waals surface area contributed by atoms with E-state index in [-0.39, 0.29) is 17.4 Å². The molecule has 1 aliphatic heterocycles. The molecule has 24 heavy (non-hydrogen) atoms. The molecule has 0 saturated carbocycles. The minimum atomic E-state index is -0.501. The maximum atomic E-state index is 13.8. The second-order valence-corrected chi connectivity index (χ2v) is 5.04. The van der Waals surface area contributed by atoms with Crippen LogP contribution in [-0.4, -0.2) is 26.0 Å². The van der Waals surface area contributed by atoms with Gasteiger partial charge in [0.15, 0.2) is 11.6 Å². The average Bonchev–Trinajstić information content (AvgIpc) is 2.95. The number of nitrogens with zero attached hydrogens (tertiary/aromatic N) is 1. The molecule has 0 spiro atoms. The Morgan fingerprint density at radius 1 is 1.08 bits per heavy atom. The van der Waals surface area contributed by atoms with Crippen LogP contribution >= 0.6 is 0 Å². The van der Waals surface area contributed by atoms with Gasteiger partial charge in [-0.1, -0.05) is 18.2 Å². The first kappa shape index (κ1) is 15.7. The predicted molar refractivity (Wildman–Crippen MR) is 88.6 cm³/mol. The molecule has 5 nitrogen and oxygen atoms in total. The summed E-state index contributed by atoms with van der Waals surface area (Å²) < 4.78 is 23.9. The van der Waals surface area contributed by atoms with E-state index in [2.05, 4.69) is 10.3 Å². The van der Waals surface area contributed by atoms with E-state index >= 15 is 0 Å². The fourth-order valence-corrected chi connectivity index (χ4v) is 2.37. The van der Waals surface area contributed by atoms with E-state index in [1.807, 2.05) is 12.1 Å². The van der Waals surface area contributed by atoms with Crippen LogP contribution in [0.5, 0.6) is 11.5 Å². The quantitative estimate of drug-likeness (QED) is 0.879. The first-order chi connectivity index (χ1) is 11.6. The van der Waals surface area contributed by atoms with E-state index in [0.717, 1.165) is 0 Å². The van der Waals surface area contributed by atoms with Gasteiger partial charge in [0, 0.05) is 0 Å². The Balaban J connectivity index is 1.96. The van der Waals surface area contributed by atoms with Crippen LogP contribution in [0.2, 0.25) is 0 Å². The maximum absolute atomic E-state index is 13.8. The van der Waals surface area contributed by atoms with Gasteiger partial charge in [-0.05, 0) is 35.9 Å². The van der Waals surface area contributed by atoms with Crippen molar-refractivity contribution in [2.75, 3.05) is 14.2 Å². The third kappa shape index (κ3) is 2.99. The largest absolute Gasteiger partial charge is 0.496 e. The second kappa shape index (κ2) is 6.54. The summed E-state index contributed by atoms with van der Waals surface area (Å²) >= 11 is 0. The van der Waals surface area contributed by atoms with Crippen molar-refractivity contribution in [2.45, 2.75) is 0 Å². The molecule has 0 aliphatic carbocycles. The van der Waals surface area contributed by atoms with Gasteiger partial charge in [-0.2, -0.15) is 0 Å². The van der Waals surface area contributed by atoms with Crippen molar-refractivity contribution in [3.63, 3.8) is 0 Å². The number of hydrogen-bond donors (Lipinski definition) is 1. The molecule has 6 heteroatoms. The lowest BCUT2D eigenvalue weighted by atomic mass is 10.2. The number of ether oxygens (including phenoxy) is 2. The molecule has 0 saturated heterocycles. The zero-order valence-corrected chi connectivity index (χ0v) is 13.2. The van der Waals surface area contributed by atoms with Gasteiger partial charge in [0.2, 0.25) is 0 Å². The molecular weight excluding hydrogens is 311 g/mol.